The second kappa shape index (κ2) is 15.0. The second-order valence-electron chi connectivity index (χ2n) is 10.2. The molecule has 1 amide bonds. The number of ether oxygens (including phenoxy) is 4. The van der Waals surface area contributed by atoms with Crippen molar-refractivity contribution >= 4 is 45.2 Å². The van der Waals surface area contributed by atoms with Gasteiger partial charge in [-0.25, -0.2) is 0 Å². The molecule has 1 atom stereocenters. The topological polar surface area (TPSA) is 151 Å². The van der Waals surface area contributed by atoms with Gasteiger partial charge in [0.05, 0.1) is 20.0 Å². The van der Waals surface area contributed by atoms with E-state index in [0.717, 1.165) is 25.2 Å². The number of alkyl halides is 2. The van der Waals surface area contributed by atoms with Crippen molar-refractivity contribution < 1.29 is 59.9 Å². The number of pyridine rings is 1. The van der Waals surface area contributed by atoms with Gasteiger partial charge in [0, 0.05) is 22.3 Å². The molecular weight excluding hydrogens is 677 g/mol. The number of nitrogens with one attached hydrogen (secondary N) is 1. The fraction of sp³-hybridized carbons (Fsp3) is 0.345. The van der Waals surface area contributed by atoms with Crippen LogP contribution in [-0.2, 0) is 26.1 Å². The lowest BCUT2D eigenvalue weighted by Crippen LogP contribution is -2.32. The monoisotopic (exact) mass is 705 g/mol. The summed E-state index contributed by atoms with van der Waals surface area (Å²) in [5, 5.41) is 12.2. The van der Waals surface area contributed by atoms with E-state index in [1.165, 1.54) is 49.8 Å². The van der Waals surface area contributed by atoms with E-state index in [-0.39, 0.29) is 57.6 Å². The Morgan fingerprint density at radius 1 is 1.04 bits per heavy atom. The van der Waals surface area contributed by atoms with Gasteiger partial charge in [0.25, 0.3) is 5.91 Å². The zero-order valence-corrected chi connectivity index (χ0v) is 26.7. The maximum atomic E-state index is 13.1. The average molecular weight is 707 g/mol. The first-order valence-corrected chi connectivity index (χ1v) is 16.1. The van der Waals surface area contributed by atoms with Gasteiger partial charge in [-0.05, 0) is 54.7 Å². The van der Waals surface area contributed by atoms with E-state index in [2.05, 4.69) is 10.1 Å². The predicted octanol–water partition coefficient (Wildman–Crippen LogP) is 4.51. The molecule has 1 heterocycles. The van der Waals surface area contributed by atoms with Crippen LogP contribution in [0.25, 0.3) is 0 Å². The van der Waals surface area contributed by atoms with E-state index in [1.807, 2.05) is 0 Å². The van der Waals surface area contributed by atoms with Crippen molar-refractivity contribution in [1.29, 1.82) is 0 Å². The van der Waals surface area contributed by atoms with Crippen LogP contribution in [0.4, 0.5) is 8.78 Å². The summed E-state index contributed by atoms with van der Waals surface area (Å²) < 4.78 is 76.0. The molecule has 1 saturated carbocycles. The van der Waals surface area contributed by atoms with Crippen LogP contribution < -0.4 is 28.4 Å². The van der Waals surface area contributed by atoms with Crippen LogP contribution in [0.1, 0.15) is 40.4 Å². The van der Waals surface area contributed by atoms with Gasteiger partial charge in [0.2, 0.25) is 12.4 Å². The molecule has 4 rings (SSSR count). The lowest BCUT2D eigenvalue weighted by atomic mass is 10.0. The van der Waals surface area contributed by atoms with Crippen LogP contribution in [-0.4, -0.2) is 58.6 Å². The van der Waals surface area contributed by atoms with Crippen LogP contribution >= 0.6 is 23.2 Å². The van der Waals surface area contributed by atoms with Gasteiger partial charge in [0.1, 0.15) is 22.7 Å². The summed E-state index contributed by atoms with van der Waals surface area (Å²) in [6, 6.07) is 7.82. The highest BCUT2D eigenvalue weighted by Crippen LogP contribution is 2.38. The first kappa shape index (κ1) is 34.8. The zero-order chi connectivity index (χ0) is 33.6. The highest BCUT2D eigenvalue weighted by molar-refractivity contribution is 7.86. The summed E-state index contributed by atoms with van der Waals surface area (Å²) in [5.74, 6) is -1.78. The highest BCUT2D eigenvalue weighted by atomic mass is 35.5. The normalized spacial score (nSPS) is 13.5. The summed E-state index contributed by atoms with van der Waals surface area (Å²) in [7, 11) is -2.66. The minimum atomic E-state index is -3.94. The molecule has 0 saturated heterocycles. The Bertz CT molecular complexity index is 1680. The smallest absolute Gasteiger partial charge is 0.387 e. The number of carbonyl (C=O) groups is 2. The van der Waals surface area contributed by atoms with Crippen molar-refractivity contribution in [1.82, 2.24) is 5.32 Å². The molecule has 12 nitrogen and oxygen atoms in total. The summed E-state index contributed by atoms with van der Waals surface area (Å²) in [5.41, 5.74) is 0.550. The van der Waals surface area contributed by atoms with Gasteiger partial charge < -0.3 is 28.4 Å². The average Bonchev–Trinajstić information content (AvgIpc) is 3.80. The summed E-state index contributed by atoms with van der Waals surface area (Å²) in [6.45, 7) is -3.47. The fourth-order valence-corrected chi connectivity index (χ4v) is 5.23. The van der Waals surface area contributed by atoms with Crippen molar-refractivity contribution in [3.63, 3.8) is 0 Å². The molecular formula is C29H29Cl2F2N2O10S+. The highest BCUT2D eigenvalue weighted by Gasteiger charge is 2.27. The Hall–Kier alpha value is -4.08. The Morgan fingerprint density at radius 2 is 1.72 bits per heavy atom. The Labute approximate surface area is 272 Å². The van der Waals surface area contributed by atoms with E-state index in [4.69, 9.17) is 41.6 Å². The number of rotatable bonds is 15. The summed E-state index contributed by atoms with van der Waals surface area (Å²) in [4.78, 5) is 25.8. The molecule has 1 fully saturated rings. The van der Waals surface area contributed by atoms with Crippen molar-refractivity contribution in [2.45, 2.75) is 32.0 Å². The molecule has 2 N–H and O–H groups in total. The standard InChI is InChI=1S/C29H28Cl2F2N2O10S/c1-41-22-7-6-18(10-26(22)45-46(2,39)40)28(37)34-12-27(36)43-24(11-19-20(30)13-35(38)14-21(19)31)17-5-8-23(44-29(32)33)25(9-17)42-15-16-3-4-16/h5-10,13-14,16,24,29H,3-4,11-12,15H2,1-2H3,(H-,34,37,38)/p+1/t24-/m0/s1. The Kier molecular flexibility index (Phi) is 11.3. The molecule has 248 valence electrons. The van der Waals surface area contributed by atoms with E-state index in [0.29, 0.717) is 15.9 Å². The molecule has 0 spiro atoms. The lowest BCUT2D eigenvalue weighted by molar-refractivity contribution is -0.904. The summed E-state index contributed by atoms with van der Waals surface area (Å²) >= 11 is 12.6. The third-order valence-corrected chi connectivity index (χ3v) is 7.65. The largest absolute Gasteiger partial charge is 0.493 e. The van der Waals surface area contributed by atoms with Crippen LogP contribution in [0.3, 0.4) is 0 Å². The van der Waals surface area contributed by atoms with Crippen LogP contribution in [0.15, 0.2) is 48.8 Å². The molecule has 0 radical (unpaired) electrons. The number of aromatic nitrogens is 1. The van der Waals surface area contributed by atoms with E-state index < -0.39 is 41.3 Å². The number of hydrogen-bond acceptors (Lipinski definition) is 10. The number of nitrogens with zero attached hydrogens (tertiary/aromatic N) is 1. The molecule has 1 aliphatic rings. The minimum absolute atomic E-state index is 0.00382. The third-order valence-electron chi connectivity index (χ3n) is 6.52. The Morgan fingerprint density at radius 3 is 2.33 bits per heavy atom. The van der Waals surface area contributed by atoms with Gasteiger partial charge in [-0.2, -0.15) is 17.2 Å². The number of hydrogen-bond donors (Lipinski definition) is 2. The number of methoxy groups -OCH3 is 1. The predicted molar refractivity (Wildman–Crippen MR) is 158 cm³/mol. The van der Waals surface area contributed by atoms with Gasteiger partial charge in [-0.1, -0.05) is 29.3 Å². The molecule has 0 aliphatic heterocycles. The number of amides is 1. The van der Waals surface area contributed by atoms with Crippen molar-refractivity contribution in [2.24, 2.45) is 5.92 Å². The molecule has 46 heavy (non-hydrogen) atoms. The van der Waals surface area contributed by atoms with Crippen molar-refractivity contribution in [2.75, 3.05) is 26.5 Å². The van der Waals surface area contributed by atoms with Crippen LogP contribution in [0, 0.1) is 5.92 Å². The molecule has 2 aromatic carbocycles. The third kappa shape index (κ3) is 9.96. The van der Waals surface area contributed by atoms with Gasteiger partial charge in [-0.15, -0.1) is 0 Å². The molecule has 0 unspecified atom stereocenters. The SMILES string of the molecule is COc1ccc(C(=O)NCC(=O)O[C@@H](Cc2c(Cl)c[n+](O)cc2Cl)c2ccc(OC(F)F)c(OCC3CC3)c2)cc1OS(C)(=O)=O. The van der Waals surface area contributed by atoms with Crippen LogP contribution in [0.5, 0.6) is 23.0 Å². The molecule has 1 aromatic heterocycles. The first-order chi connectivity index (χ1) is 21.7. The quantitative estimate of drug-likeness (QED) is 0.100. The molecule has 0 bridgehead atoms. The van der Waals surface area contributed by atoms with Gasteiger partial charge in [0.15, 0.2) is 23.0 Å². The van der Waals surface area contributed by atoms with Crippen LogP contribution in [0.2, 0.25) is 10.0 Å². The van der Waals surface area contributed by atoms with Gasteiger partial charge in [-0.3, -0.25) is 14.8 Å². The van der Waals surface area contributed by atoms with Crippen molar-refractivity contribution in [3.8, 4) is 23.0 Å². The van der Waals surface area contributed by atoms with Crippen molar-refractivity contribution in [3.05, 3.63) is 75.5 Å². The van der Waals surface area contributed by atoms with E-state index in [1.54, 1.807) is 0 Å². The summed E-state index contributed by atoms with van der Waals surface area (Å²) in [6.07, 6.45) is 3.78. The lowest BCUT2D eigenvalue weighted by Gasteiger charge is -2.21. The molecule has 3 aromatic rings. The second-order valence-corrected chi connectivity index (χ2v) is 12.6. The maximum Gasteiger partial charge on any atom is 0.387 e. The zero-order valence-electron chi connectivity index (χ0n) is 24.4. The first-order valence-electron chi connectivity index (χ1n) is 13.6. The minimum Gasteiger partial charge on any atom is -0.493 e. The Balaban J connectivity index is 1.56. The number of halogens is 4. The van der Waals surface area contributed by atoms with E-state index in [9.17, 15) is 32.0 Å². The fourth-order valence-electron chi connectivity index (χ4n) is 4.17. The number of esters is 1. The number of benzene rings is 2. The molecule has 1 aliphatic carbocycles. The number of carbonyl (C=O) groups excluding carboxylic acids is 2. The van der Waals surface area contributed by atoms with Gasteiger partial charge >= 0.3 is 22.7 Å². The van der Waals surface area contributed by atoms with E-state index >= 15 is 0 Å². The molecule has 17 heteroatoms. The maximum absolute atomic E-state index is 13.1.